The molecule has 19 heavy (non-hydrogen) atoms. The van der Waals surface area contributed by atoms with Gasteiger partial charge in [-0.25, -0.2) is 17.5 Å². The van der Waals surface area contributed by atoms with Gasteiger partial charge in [0.05, 0.1) is 9.92 Å². The highest BCUT2D eigenvalue weighted by Gasteiger charge is 2.19. The van der Waals surface area contributed by atoms with Gasteiger partial charge in [0.25, 0.3) is 0 Å². The minimum absolute atomic E-state index is 0.0223. The average molecular weight is 308 g/mol. The quantitative estimate of drug-likeness (QED) is 0.927. The van der Waals surface area contributed by atoms with Crippen LogP contribution in [0.2, 0.25) is 5.02 Å². The number of hydrogen-bond donors (Lipinski definition) is 1. The lowest BCUT2D eigenvalue weighted by Crippen LogP contribution is -2.32. The smallest absolute Gasteiger partial charge is 0.240 e. The van der Waals surface area contributed by atoms with Gasteiger partial charge in [-0.15, -0.1) is 0 Å². The minimum atomic E-state index is -3.64. The highest BCUT2D eigenvalue weighted by molar-refractivity contribution is 7.89. The first-order valence-electron chi connectivity index (χ1n) is 6.01. The van der Waals surface area contributed by atoms with E-state index in [1.807, 2.05) is 0 Å². The molecule has 0 aromatic heterocycles. The van der Waals surface area contributed by atoms with E-state index in [-0.39, 0.29) is 15.8 Å². The van der Waals surface area contributed by atoms with Gasteiger partial charge in [0.2, 0.25) is 10.0 Å². The van der Waals surface area contributed by atoms with Crippen molar-refractivity contribution in [2.75, 3.05) is 19.8 Å². The number of ether oxygens (including phenoxy) is 1. The highest BCUT2D eigenvalue weighted by Crippen LogP contribution is 2.20. The van der Waals surface area contributed by atoms with Gasteiger partial charge in [-0.2, -0.15) is 0 Å². The van der Waals surface area contributed by atoms with Crippen LogP contribution in [0.15, 0.2) is 23.1 Å². The number of sulfonamides is 1. The molecule has 0 aliphatic carbocycles. The maximum Gasteiger partial charge on any atom is 0.240 e. The lowest BCUT2D eigenvalue weighted by Gasteiger charge is -2.22. The van der Waals surface area contributed by atoms with Crippen LogP contribution in [0, 0.1) is 11.7 Å². The molecule has 4 nitrogen and oxygen atoms in total. The molecule has 0 unspecified atom stereocenters. The largest absolute Gasteiger partial charge is 0.381 e. The van der Waals surface area contributed by atoms with Crippen molar-refractivity contribution in [1.29, 1.82) is 0 Å². The van der Waals surface area contributed by atoms with Crippen LogP contribution >= 0.6 is 11.6 Å². The Balaban J connectivity index is 2.02. The molecule has 0 atom stereocenters. The van der Waals surface area contributed by atoms with Gasteiger partial charge in [0.15, 0.2) is 0 Å². The summed E-state index contributed by atoms with van der Waals surface area (Å²) in [5.41, 5.74) is 0. The van der Waals surface area contributed by atoms with Crippen molar-refractivity contribution < 1.29 is 17.5 Å². The zero-order valence-corrected chi connectivity index (χ0v) is 11.8. The van der Waals surface area contributed by atoms with Crippen LogP contribution in [-0.2, 0) is 14.8 Å². The van der Waals surface area contributed by atoms with E-state index in [2.05, 4.69) is 4.72 Å². The third-order valence-corrected chi connectivity index (χ3v) is 4.82. The summed E-state index contributed by atoms with van der Waals surface area (Å²) < 4.78 is 44.8. The SMILES string of the molecule is O=S(=O)(NCC1CCOCC1)c1ccc(F)c(Cl)c1. The Morgan fingerprint density at radius 1 is 1.37 bits per heavy atom. The molecule has 7 heteroatoms. The third kappa shape index (κ3) is 3.89. The molecule has 1 saturated heterocycles. The fraction of sp³-hybridized carbons (Fsp3) is 0.500. The maximum atomic E-state index is 13.0. The number of benzene rings is 1. The number of nitrogens with one attached hydrogen (secondary N) is 1. The average Bonchev–Trinajstić information content (AvgIpc) is 2.41. The fourth-order valence-electron chi connectivity index (χ4n) is 1.91. The first kappa shape index (κ1) is 14.7. The van der Waals surface area contributed by atoms with Crippen LogP contribution in [0.5, 0.6) is 0 Å². The normalized spacial score (nSPS) is 17.6. The Morgan fingerprint density at radius 3 is 2.68 bits per heavy atom. The van der Waals surface area contributed by atoms with Crippen molar-refractivity contribution >= 4 is 21.6 Å². The Hall–Kier alpha value is -0.690. The Kier molecular flexibility index (Phi) is 4.78. The molecular weight excluding hydrogens is 293 g/mol. The molecule has 1 N–H and O–H groups in total. The number of rotatable bonds is 4. The van der Waals surface area contributed by atoms with Crippen LogP contribution in [-0.4, -0.2) is 28.2 Å². The van der Waals surface area contributed by atoms with Crippen molar-refractivity contribution in [1.82, 2.24) is 4.72 Å². The summed E-state index contributed by atoms with van der Waals surface area (Å²) in [6, 6.07) is 3.36. The van der Waals surface area contributed by atoms with E-state index in [1.54, 1.807) is 0 Å². The molecule has 1 aliphatic heterocycles. The highest BCUT2D eigenvalue weighted by atomic mass is 35.5. The van der Waals surface area contributed by atoms with Gasteiger partial charge in [-0.1, -0.05) is 11.6 Å². The molecule has 1 heterocycles. The van der Waals surface area contributed by atoms with Gasteiger partial charge in [-0.05, 0) is 37.0 Å². The van der Waals surface area contributed by atoms with Gasteiger partial charge in [0, 0.05) is 19.8 Å². The van der Waals surface area contributed by atoms with E-state index in [4.69, 9.17) is 16.3 Å². The lowest BCUT2D eigenvalue weighted by atomic mass is 10.0. The minimum Gasteiger partial charge on any atom is -0.381 e. The van der Waals surface area contributed by atoms with Crippen molar-refractivity contribution in [3.63, 3.8) is 0 Å². The first-order valence-corrected chi connectivity index (χ1v) is 7.87. The van der Waals surface area contributed by atoms with Crippen LogP contribution in [0.25, 0.3) is 0 Å². The van der Waals surface area contributed by atoms with Crippen LogP contribution < -0.4 is 4.72 Å². The van der Waals surface area contributed by atoms with Crippen molar-refractivity contribution in [2.24, 2.45) is 5.92 Å². The topological polar surface area (TPSA) is 55.4 Å². The lowest BCUT2D eigenvalue weighted by molar-refractivity contribution is 0.0678. The summed E-state index contributed by atoms with van der Waals surface area (Å²) in [6.45, 7) is 1.68. The van der Waals surface area contributed by atoms with E-state index < -0.39 is 15.8 Å². The molecule has 1 aliphatic rings. The number of hydrogen-bond acceptors (Lipinski definition) is 3. The van der Waals surface area contributed by atoms with E-state index >= 15 is 0 Å². The van der Waals surface area contributed by atoms with E-state index in [0.717, 1.165) is 25.0 Å². The van der Waals surface area contributed by atoms with Crippen LogP contribution in [0.1, 0.15) is 12.8 Å². The Bertz CT molecular complexity index is 544. The molecule has 1 aromatic rings. The van der Waals surface area contributed by atoms with Crippen molar-refractivity contribution in [2.45, 2.75) is 17.7 Å². The second-order valence-electron chi connectivity index (χ2n) is 4.48. The molecule has 2 rings (SSSR count). The second kappa shape index (κ2) is 6.17. The maximum absolute atomic E-state index is 13.0. The zero-order chi connectivity index (χ0) is 13.9. The summed E-state index contributed by atoms with van der Waals surface area (Å²) in [6.07, 6.45) is 1.68. The number of halogens is 2. The fourth-order valence-corrected chi connectivity index (χ4v) is 3.29. The van der Waals surface area contributed by atoms with Gasteiger partial charge < -0.3 is 4.74 Å². The predicted octanol–water partition coefficient (Wildman–Crippen LogP) is 2.18. The van der Waals surface area contributed by atoms with Crippen molar-refractivity contribution in [3.8, 4) is 0 Å². The van der Waals surface area contributed by atoms with E-state index in [0.29, 0.717) is 19.8 Å². The molecule has 0 bridgehead atoms. The summed E-state index contributed by atoms with van der Waals surface area (Å²) in [4.78, 5) is -0.0223. The molecule has 0 spiro atoms. The summed E-state index contributed by atoms with van der Waals surface area (Å²) in [7, 11) is -3.64. The first-order chi connectivity index (χ1) is 8.99. The second-order valence-corrected chi connectivity index (χ2v) is 6.66. The Morgan fingerprint density at radius 2 is 2.05 bits per heavy atom. The summed E-state index contributed by atoms with van der Waals surface area (Å²) in [5, 5.41) is -0.200. The van der Waals surface area contributed by atoms with Crippen LogP contribution in [0.3, 0.4) is 0 Å². The summed E-state index contributed by atoms with van der Waals surface area (Å²) in [5.74, 6) is -0.357. The zero-order valence-electron chi connectivity index (χ0n) is 10.2. The molecule has 1 fully saturated rings. The molecule has 0 amide bonds. The molecule has 106 valence electrons. The van der Waals surface area contributed by atoms with E-state index in [1.165, 1.54) is 6.07 Å². The van der Waals surface area contributed by atoms with Gasteiger partial charge >= 0.3 is 0 Å². The summed E-state index contributed by atoms with van der Waals surface area (Å²) >= 11 is 5.58. The van der Waals surface area contributed by atoms with Gasteiger partial charge in [0.1, 0.15) is 5.82 Å². The molecule has 0 saturated carbocycles. The molecule has 1 aromatic carbocycles. The Labute approximate surface area is 117 Å². The van der Waals surface area contributed by atoms with Crippen LogP contribution in [0.4, 0.5) is 4.39 Å². The van der Waals surface area contributed by atoms with E-state index in [9.17, 15) is 12.8 Å². The standard InChI is InChI=1S/C12H15ClFNO3S/c13-11-7-10(1-2-12(11)14)19(16,17)15-8-9-3-5-18-6-4-9/h1-2,7,9,15H,3-6,8H2. The monoisotopic (exact) mass is 307 g/mol. The molecular formula is C12H15ClFNO3S. The third-order valence-electron chi connectivity index (χ3n) is 3.10. The predicted molar refractivity (Wildman–Crippen MR) is 70.1 cm³/mol. The van der Waals surface area contributed by atoms with Crippen molar-refractivity contribution in [3.05, 3.63) is 29.0 Å². The molecule has 0 radical (unpaired) electrons. The van der Waals surface area contributed by atoms with Gasteiger partial charge in [-0.3, -0.25) is 0 Å².